The Kier molecular flexibility index (Phi) is 5.28. The van der Waals surface area contributed by atoms with Crippen LogP contribution in [0.2, 0.25) is 0 Å². The number of rotatable bonds is 5. The summed E-state index contributed by atoms with van der Waals surface area (Å²) in [5.41, 5.74) is 0.507. The van der Waals surface area contributed by atoms with Gasteiger partial charge in [-0.05, 0) is 49.8 Å². The molecule has 2 heterocycles. The lowest BCUT2D eigenvalue weighted by atomic mass is 9.82. The number of ether oxygens (including phenoxy) is 2. The van der Waals surface area contributed by atoms with E-state index < -0.39 is 5.54 Å². The Hall–Kier alpha value is -1.46. The maximum absolute atomic E-state index is 13.2. The van der Waals surface area contributed by atoms with Gasteiger partial charge in [0.15, 0.2) is 0 Å². The lowest BCUT2D eigenvalue weighted by molar-refractivity contribution is -0.125. The van der Waals surface area contributed by atoms with Crippen molar-refractivity contribution in [2.45, 2.75) is 50.2 Å². The van der Waals surface area contributed by atoms with E-state index in [-0.39, 0.29) is 17.8 Å². The van der Waals surface area contributed by atoms with Crippen molar-refractivity contribution in [2.24, 2.45) is 0 Å². The number of halogens is 1. The topological polar surface area (TPSA) is 47.6 Å². The molecule has 0 unspecified atom stereocenters. The third-order valence-electron chi connectivity index (χ3n) is 4.84. The zero-order valence-electron chi connectivity index (χ0n) is 13.4. The highest BCUT2D eigenvalue weighted by atomic mass is 19.1. The number of benzene rings is 1. The van der Waals surface area contributed by atoms with Crippen molar-refractivity contribution in [3.8, 4) is 0 Å². The zero-order chi connectivity index (χ0) is 16.1. The predicted octanol–water partition coefficient (Wildman–Crippen LogP) is 2.91. The van der Waals surface area contributed by atoms with Gasteiger partial charge in [-0.2, -0.15) is 0 Å². The van der Waals surface area contributed by atoms with Crippen LogP contribution in [0.15, 0.2) is 24.3 Å². The Labute approximate surface area is 136 Å². The molecule has 126 valence electrons. The molecule has 1 aromatic carbocycles. The first-order valence-electron chi connectivity index (χ1n) is 8.44. The summed E-state index contributed by atoms with van der Waals surface area (Å²) in [4.78, 5) is 12.4. The Morgan fingerprint density at radius 1 is 1.22 bits per heavy atom. The van der Waals surface area contributed by atoms with Crippen molar-refractivity contribution in [3.05, 3.63) is 35.6 Å². The SMILES string of the molecule is O=C(CC[C@H]1CCCO1)NC1(c2ccc(F)cc2)CCOCC1. The monoisotopic (exact) mass is 321 g/mol. The number of hydrogen-bond donors (Lipinski definition) is 1. The van der Waals surface area contributed by atoms with Crippen LogP contribution in [0.4, 0.5) is 4.39 Å². The molecular formula is C18H24FNO3. The van der Waals surface area contributed by atoms with Crippen LogP contribution in [-0.2, 0) is 19.8 Å². The lowest BCUT2D eigenvalue weighted by Crippen LogP contribution is -2.49. The second-order valence-corrected chi connectivity index (χ2v) is 6.42. The van der Waals surface area contributed by atoms with Crippen LogP contribution < -0.4 is 5.32 Å². The van der Waals surface area contributed by atoms with Gasteiger partial charge in [-0.15, -0.1) is 0 Å². The average molecular weight is 321 g/mol. The van der Waals surface area contributed by atoms with Crippen molar-refractivity contribution in [1.29, 1.82) is 0 Å². The smallest absolute Gasteiger partial charge is 0.220 e. The molecule has 5 heteroatoms. The van der Waals surface area contributed by atoms with Crippen LogP contribution in [0, 0.1) is 5.82 Å². The third-order valence-corrected chi connectivity index (χ3v) is 4.84. The van der Waals surface area contributed by atoms with Crippen LogP contribution in [0.25, 0.3) is 0 Å². The van der Waals surface area contributed by atoms with Gasteiger partial charge >= 0.3 is 0 Å². The molecule has 1 amide bonds. The molecule has 2 aliphatic rings. The molecule has 1 N–H and O–H groups in total. The van der Waals surface area contributed by atoms with E-state index in [9.17, 15) is 9.18 Å². The molecule has 0 bridgehead atoms. The second-order valence-electron chi connectivity index (χ2n) is 6.42. The summed E-state index contributed by atoms with van der Waals surface area (Å²) in [7, 11) is 0. The fraction of sp³-hybridized carbons (Fsp3) is 0.611. The van der Waals surface area contributed by atoms with Crippen LogP contribution in [0.5, 0.6) is 0 Å². The molecule has 0 aromatic heterocycles. The molecule has 0 saturated carbocycles. The van der Waals surface area contributed by atoms with Crippen LogP contribution in [-0.4, -0.2) is 31.8 Å². The van der Waals surface area contributed by atoms with Gasteiger partial charge in [0.05, 0.1) is 11.6 Å². The normalized spacial score (nSPS) is 23.6. The maximum Gasteiger partial charge on any atom is 0.220 e. The fourth-order valence-corrected chi connectivity index (χ4v) is 3.47. The van der Waals surface area contributed by atoms with E-state index in [0.717, 1.165) is 31.4 Å². The molecular weight excluding hydrogens is 297 g/mol. The van der Waals surface area contributed by atoms with E-state index in [4.69, 9.17) is 9.47 Å². The van der Waals surface area contributed by atoms with E-state index in [2.05, 4.69) is 5.32 Å². The van der Waals surface area contributed by atoms with Crippen LogP contribution in [0.3, 0.4) is 0 Å². The molecule has 2 fully saturated rings. The average Bonchev–Trinajstić information content (AvgIpc) is 3.08. The molecule has 0 spiro atoms. The number of nitrogens with one attached hydrogen (secondary N) is 1. The molecule has 2 saturated heterocycles. The quantitative estimate of drug-likeness (QED) is 0.907. The van der Waals surface area contributed by atoms with E-state index in [1.54, 1.807) is 12.1 Å². The Bertz CT molecular complexity index is 520. The van der Waals surface area contributed by atoms with E-state index in [0.29, 0.717) is 32.5 Å². The van der Waals surface area contributed by atoms with Crippen molar-refractivity contribution in [1.82, 2.24) is 5.32 Å². The summed E-state index contributed by atoms with van der Waals surface area (Å²) in [5.74, 6) is -0.229. The third kappa shape index (κ3) is 4.09. The second kappa shape index (κ2) is 7.41. The van der Waals surface area contributed by atoms with E-state index in [1.165, 1.54) is 12.1 Å². The Morgan fingerprint density at radius 3 is 2.61 bits per heavy atom. The summed E-state index contributed by atoms with van der Waals surface area (Å²) in [6.07, 6.45) is 5.01. The van der Waals surface area contributed by atoms with Crippen molar-refractivity contribution in [3.63, 3.8) is 0 Å². The maximum atomic E-state index is 13.2. The van der Waals surface area contributed by atoms with Gasteiger partial charge in [-0.1, -0.05) is 12.1 Å². The number of amides is 1. The van der Waals surface area contributed by atoms with Gasteiger partial charge < -0.3 is 14.8 Å². The summed E-state index contributed by atoms with van der Waals surface area (Å²) in [6.45, 7) is 2.01. The van der Waals surface area contributed by atoms with E-state index in [1.807, 2.05) is 0 Å². The predicted molar refractivity (Wildman–Crippen MR) is 84.5 cm³/mol. The standard InChI is InChI=1S/C18H24FNO3/c19-15-5-3-14(4-6-15)18(9-12-22-13-10-18)20-17(21)8-7-16-2-1-11-23-16/h3-6,16H,1-2,7-13H2,(H,20,21)/t16-/m1/s1. The van der Waals surface area contributed by atoms with Crippen LogP contribution in [0.1, 0.15) is 44.1 Å². The molecule has 3 rings (SSSR count). The van der Waals surface area contributed by atoms with Crippen molar-refractivity contribution >= 4 is 5.91 Å². The number of carbonyl (C=O) groups is 1. The summed E-state index contributed by atoms with van der Waals surface area (Å²) >= 11 is 0. The van der Waals surface area contributed by atoms with Gasteiger partial charge in [-0.3, -0.25) is 4.79 Å². The molecule has 0 radical (unpaired) electrons. The molecule has 0 aliphatic carbocycles. The minimum atomic E-state index is -0.445. The summed E-state index contributed by atoms with van der Waals surface area (Å²) in [6, 6.07) is 6.43. The van der Waals surface area contributed by atoms with Crippen molar-refractivity contribution < 1.29 is 18.7 Å². The number of carbonyl (C=O) groups excluding carboxylic acids is 1. The highest BCUT2D eigenvalue weighted by Gasteiger charge is 2.36. The highest BCUT2D eigenvalue weighted by molar-refractivity contribution is 5.77. The first-order chi connectivity index (χ1) is 11.2. The van der Waals surface area contributed by atoms with Gasteiger partial charge in [0.1, 0.15) is 5.82 Å². The first-order valence-corrected chi connectivity index (χ1v) is 8.44. The largest absolute Gasteiger partial charge is 0.381 e. The summed E-state index contributed by atoms with van der Waals surface area (Å²) in [5, 5.41) is 3.20. The fourth-order valence-electron chi connectivity index (χ4n) is 3.47. The Balaban J connectivity index is 1.66. The molecule has 1 atom stereocenters. The molecule has 2 aliphatic heterocycles. The van der Waals surface area contributed by atoms with E-state index >= 15 is 0 Å². The minimum Gasteiger partial charge on any atom is -0.381 e. The molecule has 4 nitrogen and oxygen atoms in total. The lowest BCUT2D eigenvalue weighted by Gasteiger charge is -2.38. The molecule has 23 heavy (non-hydrogen) atoms. The van der Waals surface area contributed by atoms with Gasteiger partial charge in [0.2, 0.25) is 5.91 Å². The van der Waals surface area contributed by atoms with Crippen LogP contribution >= 0.6 is 0 Å². The molecule has 1 aromatic rings. The van der Waals surface area contributed by atoms with Crippen molar-refractivity contribution in [2.75, 3.05) is 19.8 Å². The number of hydrogen-bond acceptors (Lipinski definition) is 3. The van der Waals surface area contributed by atoms with Gasteiger partial charge in [-0.25, -0.2) is 4.39 Å². The van der Waals surface area contributed by atoms with Gasteiger partial charge in [0.25, 0.3) is 0 Å². The summed E-state index contributed by atoms with van der Waals surface area (Å²) < 4.78 is 24.2. The first kappa shape index (κ1) is 16.4. The van der Waals surface area contributed by atoms with Gasteiger partial charge in [0, 0.05) is 26.2 Å². The Morgan fingerprint density at radius 2 is 1.96 bits per heavy atom. The zero-order valence-corrected chi connectivity index (χ0v) is 13.4. The highest BCUT2D eigenvalue weighted by Crippen LogP contribution is 2.32. The minimum absolute atomic E-state index is 0.0340.